The summed E-state index contributed by atoms with van der Waals surface area (Å²) in [6.45, 7) is 0.486. The normalized spacial score (nSPS) is 10.6. The molecule has 2 aromatic rings. The fourth-order valence-corrected chi connectivity index (χ4v) is 2.19. The molecule has 108 valence electrons. The molecule has 2 rings (SSSR count). The number of carbonyl (C=O) groups is 1. The molecule has 0 N–H and O–H groups in total. The van der Waals surface area contributed by atoms with Gasteiger partial charge in [-0.3, -0.25) is 0 Å². The van der Waals surface area contributed by atoms with Crippen molar-refractivity contribution in [2.45, 2.75) is 6.61 Å². The molecule has 0 fully saturated rings. The van der Waals surface area contributed by atoms with Crippen molar-refractivity contribution in [2.24, 2.45) is 0 Å². The van der Waals surface area contributed by atoms with Crippen molar-refractivity contribution in [3.8, 4) is 5.75 Å². The summed E-state index contributed by atoms with van der Waals surface area (Å²) in [6, 6.07) is 15.8. The lowest BCUT2D eigenvalue weighted by Gasteiger charge is -2.10. The highest BCUT2D eigenvalue weighted by Crippen LogP contribution is 2.24. The Morgan fingerprint density at radius 1 is 1.19 bits per heavy atom. The van der Waals surface area contributed by atoms with E-state index in [0.717, 1.165) is 20.4 Å². The van der Waals surface area contributed by atoms with Gasteiger partial charge in [0, 0.05) is 15.2 Å². The van der Waals surface area contributed by atoms with Gasteiger partial charge in [0.15, 0.2) is 0 Å². The van der Waals surface area contributed by atoms with Gasteiger partial charge in [-0.2, -0.15) is 0 Å². The number of ether oxygens (including phenoxy) is 2. The van der Waals surface area contributed by atoms with Crippen LogP contribution in [0.25, 0.3) is 6.08 Å². The molecule has 0 aliphatic rings. The van der Waals surface area contributed by atoms with Gasteiger partial charge < -0.3 is 9.47 Å². The summed E-state index contributed by atoms with van der Waals surface area (Å²) in [5.41, 5.74) is 1.94. The molecule has 3 nitrogen and oxygen atoms in total. The second-order valence-electron chi connectivity index (χ2n) is 4.31. The molecule has 0 bridgehead atoms. The number of methoxy groups -OCH3 is 1. The number of hydrogen-bond donors (Lipinski definition) is 0. The molecule has 0 atom stereocenters. The Bertz CT molecular complexity index is 636. The van der Waals surface area contributed by atoms with Crippen molar-refractivity contribution >= 4 is 34.6 Å². The van der Waals surface area contributed by atoms with E-state index in [-0.39, 0.29) is 5.97 Å². The number of carbonyl (C=O) groups excluding carboxylic acids is 1. The van der Waals surface area contributed by atoms with Crippen LogP contribution in [0.4, 0.5) is 0 Å². The molecule has 4 heteroatoms. The van der Waals surface area contributed by atoms with Gasteiger partial charge in [-0.15, -0.1) is 0 Å². The number of rotatable bonds is 5. The van der Waals surface area contributed by atoms with Crippen LogP contribution >= 0.6 is 22.6 Å². The summed E-state index contributed by atoms with van der Waals surface area (Å²) in [7, 11) is 1.35. The summed E-state index contributed by atoms with van der Waals surface area (Å²) in [5, 5.41) is 0. The second-order valence-corrected chi connectivity index (χ2v) is 5.56. The average Bonchev–Trinajstić information content (AvgIpc) is 2.52. The SMILES string of the molecule is COC(=O)/C=C/c1ccc(I)cc1OCc1ccccc1. The molecule has 0 aromatic heterocycles. The number of esters is 1. The Labute approximate surface area is 137 Å². The molecule has 0 saturated carbocycles. The third-order valence-electron chi connectivity index (χ3n) is 2.81. The number of hydrogen-bond acceptors (Lipinski definition) is 3. The highest BCUT2D eigenvalue weighted by atomic mass is 127. The average molecular weight is 394 g/mol. The number of benzene rings is 2. The predicted molar refractivity (Wildman–Crippen MR) is 91.0 cm³/mol. The molecule has 0 aliphatic heterocycles. The molecule has 0 heterocycles. The second kappa shape index (κ2) is 7.83. The monoisotopic (exact) mass is 394 g/mol. The first-order chi connectivity index (χ1) is 10.2. The van der Waals surface area contributed by atoms with Gasteiger partial charge >= 0.3 is 5.97 Å². The van der Waals surface area contributed by atoms with E-state index in [1.807, 2.05) is 48.5 Å². The molecule has 21 heavy (non-hydrogen) atoms. The maximum absolute atomic E-state index is 11.2. The van der Waals surface area contributed by atoms with Crippen LogP contribution in [0.2, 0.25) is 0 Å². The summed E-state index contributed by atoms with van der Waals surface area (Å²) >= 11 is 2.23. The van der Waals surface area contributed by atoms with Crippen molar-refractivity contribution in [2.75, 3.05) is 7.11 Å². The van der Waals surface area contributed by atoms with Crippen LogP contribution in [0.15, 0.2) is 54.6 Å². The molecular weight excluding hydrogens is 379 g/mol. The lowest BCUT2D eigenvalue weighted by molar-refractivity contribution is -0.134. The molecule has 0 spiro atoms. The smallest absolute Gasteiger partial charge is 0.330 e. The molecule has 0 saturated heterocycles. The number of halogens is 1. The molecular formula is C17H15IO3. The van der Waals surface area contributed by atoms with Gasteiger partial charge in [-0.1, -0.05) is 36.4 Å². The quantitative estimate of drug-likeness (QED) is 0.436. The van der Waals surface area contributed by atoms with Crippen molar-refractivity contribution in [1.29, 1.82) is 0 Å². The first-order valence-corrected chi connectivity index (χ1v) is 7.49. The Morgan fingerprint density at radius 2 is 1.95 bits per heavy atom. The lowest BCUT2D eigenvalue weighted by atomic mass is 10.2. The molecule has 2 aromatic carbocycles. The first-order valence-electron chi connectivity index (χ1n) is 6.41. The molecule has 0 amide bonds. The third kappa shape index (κ3) is 4.90. The van der Waals surface area contributed by atoms with Gasteiger partial charge in [0.1, 0.15) is 12.4 Å². The third-order valence-corrected chi connectivity index (χ3v) is 3.48. The van der Waals surface area contributed by atoms with E-state index in [1.54, 1.807) is 6.08 Å². The van der Waals surface area contributed by atoms with Crippen LogP contribution in [0, 0.1) is 3.57 Å². The van der Waals surface area contributed by atoms with Crippen LogP contribution in [0.1, 0.15) is 11.1 Å². The summed E-state index contributed by atoms with van der Waals surface area (Å²) < 4.78 is 11.5. The Hall–Kier alpha value is -1.82. The van der Waals surface area contributed by atoms with E-state index in [2.05, 4.69) is 27.3 Å². The zero-order valence-corrected chi connectivity index (χ0v) is 13.7. The maximum Gasteiger partial charge on any atom is 0.330 e. The van der Waals surface area contributed by atoms with Crippen molar-refractivity contribution < 1.29 is 14.3 Å². The van der Waals surface area contributed by atoms with Gasteiger partial charge in [0.05, 0.1) is 7.11 Å². The van der Waals surface area contributed by atoms with Crippen LogP contribution in [-0.2, 0) is 16.1 Å². The standard InChI is InChI=1S/C17H15IO3/c1-20-17(19)10-8-14-7-9-15(18)11-16(14)21-12-13-5-3-2-4-6-13/h2-11H,12H2,1H3/b10-8+. The van der Waals surface area contributed by atoms with Crippen molar-refractivity contribution in [3.05, 3.63) is 69.3 Å². The Balaban J connectivity index is 2.15. The Kier molecular flexibility index (Phi) is 5.80. The minimum Gasteiger partial charge on any atom is -0.488 e. The zero-order chi connectivity index (χ0) is 15.1. The van der Waals surface area contributed by atoms with Crippen LogP contribution in [-0.4, -0.2) is 13.1 Å². The summed E-state index contributed by atoms with van der Waals surface area (Å²) in [6.07, 6.45) is 3.08. The summed E-state index contributed by atoms with van der Waals surface area (Å²) in [5.74, 6) is 0.355. The summed E-state index contributed by atoms with van der Waals surface area (Å²) in [4.78, 5) is 11.2. The minimum absolute atomic E-state index is 0.387. The molecule has 0 aliphatic carbocycles. The zero-order valence-electron chi connectivity index (χ0n) is 11.6. The fraction of sp³-hybridized carbons (Fsp3) is 0.118. The van der Waals surface area contributed by atoms with Crippen LogP contribution in [0.3, 0.4) is 0 Å². The van der Waals surface area contributed by atoms with Crippen molar-refractivity contribution in [3.63, 3.8) is 0 Å². The molecule has 0 unspecified atom stereocenters. The van der Waals surface area contributed by atoms with Crippen LogP contribution in [0.5, 0.6) is 5.75 Å². The first kappa shape index (κ1) is 15.6. The van der Waals surface area contributed by atoms with E-state index in [4.69, 9.17) is 4.74 Å². The minimum atomic E-state index is -0.387. The molecule has 0 radical (unpaired) electrons. The predicted octanol–water partition coefficient (Wildman–Crippen LogP) is 4.06. The van der Waals surface area contributed by atoms with Gasteiger partial charge in [-0.05, 0) is 46.4 Å². The lowest BCUT2D eigenvalue weighted by Crippen LogP contribution is -1.98. The van der Waals surface area contributed by atoms with E-state index < -0.39 is 0 Å². The van der Waals surface area contributed by atoms with Gasteiger partial charge in [0.25, 0.3) is 0 Å². The maximum atomic E-state index is 11.2. The van der Waals surface area contributed by atoms with E-state index in [1.165, 1.54) is 13.2 Å². The van der Waals surface area contributed by atoms with E-state index in [0.29, 0.717) is 6.61 Å². The van der Waals surface area contributed by atoms with Crippen molar-refractivity contribution in [1.82, 2.24) is 0 Å². The van der Waals surface area contributed by atoms with Crippen LogP contribution < -0.4 is 4.74 Å². The van der Waals surface area contributed by atoms with E-state index in [9.17, 15) is 4.79 Å². The Morgan fingerprint density at radius 3 is 2.67 bits per heavy atom. The van der Waals surface area contributed by atoms with E-state index >= 15 is 0 Å². The highest BCUT2D eigenvalue weighted by Gasteiger charge is 2.04. The largest absolute Gasteiger partial charge is 0.488 e. The topological polar surface area (TPSA) is 35.5 Å². The fourth-order valence-electron chi connectivity index (χ4n) is 1.73. The van der Waals surface area contributed by atoms with Gasteiger partial charge in [0.2, 0.25) is 0 Å². The highest BCUT2D eigenvalue weighted by molar-refractivity contribution is 14.1. The van der Waals surface area contributed by atoms with Gasteiger partial charge in [-0.25, -0.2) is 4.79 Å².